The molecule has 0 bridgehead atoms. The van der Waals surface area contributed by atoms with E-state index in [2.05, 4.69) is 6.58 Å². The lowest BCUT2D eigenvalue weighted by Crippen LogP contribution is -2.06. The summed E-state index contributed by atoms with van der Waals surface area (Å²) in [6.45, 7) is 6.54. The summed E-state index contributed by atoms with van der Waals surface area (Å²) in [4.78, 5) is 23.2. The maximum absolute atomic E-state index is 11.6. The van der Waals surface area contributed by atoms with Crippen LogP contribution in [0.3, 0.4) is 0 Å². The van der Waals surface area contributed by atoms with Crippen LogP contribution in [0.4, 0.5) is 0 Å². The zero-order chi connectivity index (χ0) is 17.3. The van der Waals surface area contributed by atoms with Gasteiger partial charge in [-0.1, -0.05) is 55.1 Å². The molecular formula is C20H16O4. The van der Waals surface area contributed by atoms with Gasteiger partial charge in [-0.2, -0.15) is 0 Å². The Morgan fingerprint density at radius 1 is 0.833 bits per heavy atom. The van der Waals surface area contributed by atoms with Crippen LogP contribution in [0.2, 0.25) is 0 Å². The fraction of sp³-hybridized carbons (Fsp3) is 0.100. The number of esters is 2. The molecule has 0 unspecified atom stereocenters. The molecule has 3 aromatic rings. The molecular weight excluding hydrogens is 304 g/mol. The monoisotopic (exact) mass is 320 g/mol. The Morgan fingerprint density at radius 2 is 1.38 bits per heavy atom. The standard InChI is InChI=1S/C20H16O4/c1-4-14-8-7-11-17-18(14)20(24-13(3)22)16-10-6-5-9-15(16)19(17)23-12(2)21/h4-11H,1H2,2-3H3. The van der Waals surface area contributed by atoms with Crippen molar-refractivity contribution in [2.45, 2.75) is 13.8 Å². The molecule has 0 aliphatic rings. The fourth-order valence-electron chi connectivity index (χ4n) is 2.85. The Hall–Kier alpha value is -3.14. The van der Waals surface area contributed by atoms with Crippen LogP contribution in [-0.2, 0) is 9.59 Å². The molecule has 0 aliphatic heterocycles. The highest BCUT2D eigenvalue weighted by Crippen LogP contribution is 2.44. The van der Waals surface area contributed by atoms with Crippen LogP contribution in [0.5, 0.6) is 11.5 Å². The third-order valence-corrected chi connectivity index (χ3v) is 3.70. The normalized spacial score (nSPS) is 10.6. The molecule has 24 heavy (non-hydrogen) atoms. The maximum atomic E-state index is 11.6. The topological polar surface area (TPSA) is 52.6 Å². The van der Waals surface area contributed by atoms with Gasteiger partial charge in [0.1, 0.15) is 11.5 Å². The predicted molar refractivity (Wildman–Crippen MR) is 94.2 cm³/mol. The summed E-state index contributed by atoms with van der Waals surface area (Å²) in [7, 11) is 0. The molecule has 0 atom stereocenters. The van der Waals surface area contributed by atoms with Crippen molar-refractivity contribution in [2.75, 3.05) is 0 Å². The van der Waals surface area contributed by atoms with E-state index in [-0.39, 0.29) is 0 Å². The highest BCUT2D eigenvalue weighted by Gasteiger charge is 2.19. The summed E-state index contributed by atoms with van der Waals surface area (Å²) in [5.74, 6) is 0.0680. The first-order chi connectivity index (χ1) is 11.5. The van der Waals surface area contributed by atoms with Gasteiger partial charge in [-0.3, -0.25) is 9.59 Å². The van der Waals surface area contributed by atoms with Crippen molar-refractivity contribution in [3.8, 4) is 11.5 Å². The molecule has 4 heteroatoms. The Labute approximate surface area is 139 Å². The van der Waals surface area contributed by atoms with Gasteiger partial charge in [0, 0.05) is 35.4 Å². The molecule has 0 fully saturated rings. The molecule has 120 valence electrons. The van der Waals surface area contributed by atoms with Crippen molar-refractivity contribution in [2.24, 2.45) is 0 Å². The first-order valence-corrected chi connectivity index (χ1v) is 7.49. The van der Waals surface area contributed by atoms with Crippen LogP contribution >= 0.6 is 0 Å². The molecule has 0 heterocycles. The second-order valence-electron chi connectivity index (χ2n) is 5.37. The fourth-order valence-corrected chi connectivity index (χ4v) is 2.85. The maximum Gasteiger partial charge on any atom is 0.308 e. The van der Waals surface area contributed by atoms with Crippen molar-refractivity contribution in [3.05, 3.63) is 54.6 Å². The average Bonchev–Trinajstić information content (AvgIpc) is 2.56. The van der Waals surface area contributed by atoms with E-state index in [9.17, 15) is 9.59 Å². The first kappa shape index (κ1) is 15.7. The van der Waals surface area contributed by atoms with Gasteiger partial charge < -0.3 is 9.47 Å². The highest BCUT2D eigenvalue weighted by molar-refractivity contribution is 6.14. The Balaban J connectivity index is 2.56. The summed E-state index contributed by atoms with van der Waals surface area (Å²) >= 11 is 0. The predicted octanol–water partition coefficient (Wildman–Crippen LogP) is 4.49. The second kappa shape index (κ2) is 6.16. The van der Waals surface area contributed by atoms with E-state index in [0.717, 1.165) is 5.56 Å². The third kappa shape index (κ3) is 2.63. The van der Waals surface area contributed by atoms with Gasteiger partial charge in [0.15, 0.2) is 0 Å². The van der Waals surface area contributed by atoms with Crippen LogP contribution < -0.4 is 9.47 Å². The molecule has 3 aromatic carbocycles. The van der Waals surface area contributed by atoms with Crippen molar-refractivity contribution < 1.29 is 19.1 Å². The molecule has 0 amide bonds. The minimum atomic E-state index is -0.416. The summed E-state index contributed by atoms with van der Waals surface area (Å²) < 4.78 is 11.0. The lowest BCUT2D eigenvalue weighted by atomic mass is 9.97. The summed E-state index contributed by atoms with van der Waals surface area (Å²) in [6.07, 6.45) is 1.68. The lowest BCUT2D eigenvalue weighted by molar-refractivity contribution is -0.132. The molecule has 0 aliphatic carbocycles. The number of carbonyl (C=O) groups excluding carboxylic acids is 2. The number of benzene rings is 3. The largest absolute Gasteiger partial charge is 0.425 e. The van der Waals surface area contributed by atoms with Gasteiger partial charge in [0.05, 0.1) is 0 Å². The van der Waals surface area contributed by atoms with Crippen LogP contribution in [0.15, 0.2) is 49.0 Å². The zero-order valence-electron chi connectivity index (χ0n) is 13.5. The molecule has 0 saturated carbocycles. The minimum absolute atomic E-state index is 0.411. The lowest BCUT2D eigenvalue weighted by Gasteiger charge is -2.16. The van der Waals surface area contributed by atoms with Crippen molar-refractivity contribution in [1.29, 1.82) is 0 Å². The SMILES string of the molecule is C=Cc1cccc2c(OC(C)=O)c3ccccc3c(OC(C)=O)c12. The Bertz CT molecular complexity index is 986. The molecule has 0 N–H and O–H groups in total. The third-order valence-electron chi connectivity index (χ3n) is 3.70. The molecule has 0 spiro atoms. The van der Waals surface area contributed by atoms with E-state index >= 15 is 0 Å². The van der Waals surface area contributed by atoms with Crippen LogP contribution in [0, 0.1) is 0 Å². The number of hydrogen-bond donors (Lipinski definition) is 0. The number of carbonyl (C=O) groups is 2. The van der Waals surface area contributed by atoms with E-state index in [1.165, 1.54) is 13.8 Å². The second-order valence-corrected chi connectivity index (χ2v) is 5.37. The summed E-state index contributed by atoms with van der Waals surface area (Å²) in [5, 5.41) is 2.79. The minimum Gasteiger partial charge on any atom is -0.425 e. The van der Waals surface area contributed by atoms with Crippen LogP contribution in [0.25, 0.3) is 27.6 Å². The van der Waals surface area contributed by atoms with Gasteiger partial charge >= 0.3 is 11.9 Å². The first-order valence-electron chi connectivity index (χ1n) is 7.49. The van der Waals surface area contributed by atoms with Crippen molar-refractivity contribution >= 4 is 39.6 Å². The van der Waals surface area contributed by atoms with Crippen LogP contribution in [0.1, 0.15) is 19.4 Å². The van der Waals surface area contributed by atoms with Crippen molar-refractivity contribution in [1.82, 2.24) is 0 Å². The molecule has 0 aromatic heterocycles. The van der Waals surface area contributed by atoms with E-state index in [1.54, 1.807) is 6.08 Å². The van der Waals surface area contributed by atoms with E-state index < -0.39 is 11.9 Å². The Kier molecular flexibility index (Phi) is 4.04. The van der Waals surface area contributed by atoms with Gasteiger partial charge in [-0.25, -0.2) is 0 Å². The van der Waals surface area contributed by atoms with E-state index in [0.29, 0.717) is 33.0 Å². The van der Waals surface area contributed by atoms with E-state index in [4.69, 9.17) is 9.47 Å². The molecule has 0 radical (unpaired) electrons. The van der Waals surface area contributed by atoms with Gasteiger partial charge in [0.2, 0.25) is 0 Å². The van der Waals surface area contributed by atoms with Gasteiger partial charge in [0.25, 0.3) is 0 Å². The molecule has 4 nitrogen and oxygen atoms in total. The quantitative estimate of drug-likeness (QED) is 0.405. The number of rotatable bonds is 3. The van der Waals surface area contributed by atoms with E-state index in [1.807, 2.05) is 42.5 Å². The van der Waals surface area contributed by atoms with Gasteiger partial charge in [-0.15, -0.1) is 0 Å². The average molecular weight is 320 g/mol. The summed E-state index contributed by atoms with van der Waals surface area (Å²) in [6, 6.07) is 12.9. The summed E-state index contributed by atoms with van der Waals surface area (Å²) in [5.41, 5.74) is 0.794. The number of hydrogen-bond acceptors (Lipinski definition) is 4. The molecule has 0 saturated heterocycles. The Morgan fingerprint density at radius 3 is 1.96 bits per heavy atom. The number of fused-ring (bicyclic) bond motifs is 2. The highest BCUT2D eigenvalue weighted by atomic mass is 16.5. The smallest absolute Gasteiger partial charge is 0.308 e. The van der Waals surface area contributed by atoms with Gasteiger partial charge in [-0.05, 0) is 5.56 Å². The number of ether oxygens (including phenoxy) is 2. The zero-order valence-corrected chi connectivity index (χ0v) is 13.5. The molecule has 3 rings (SSSR count). The van der Waals surface area contributed by atoms with Crippen LogP contribution in [-0.4, -0.2) is 11.9 Å². The van der Waals surface area contributed by atoms with Crippen molar-refractivity contribution in [3.63, 3.8) is 0 Å².